The average Bonchev–Trinajstić information content (AvgIpc) is 3.49. The molecule has 1 amide bonds. The van der Waals surface area contributed by atoms with Crippen LogP contribution in [0.1, 0.15) is 29.7 Å². The van der Waals surface area contributed by atoms with Gasteiger partial charge in [-0.15, -0.1) is 0 Å². The smallest absolute Gasteiger partial charge is 0.237 e. The summed E-state index contributed by atoms with van der Waals surface area (Å²) in [6.07, 6.45) is 3.99. The first kappa shape index (κ1) is 23.2. The second kappa shape index (κ2) is 9.69. The van der Waals surface area contributed by atoms with Gasteiger partial charge >= 0.3 is 0 Å². The molecule has 0 saturated carbocycles. The number of piperazine rings is 1. The van der Waals surface area contributed by atoms with Crippen LogP contribution in [-0.2, 0) is 24.4 Å². The van der Waals surface area contributed by atoms with Crippen LogP contribution in [0.2, 0.25) is 5.02 Å². The van der Waals surface area contributed by atoms with Crippen LogP contribution in [0, 0.1) is 0 Å². The lowest BCUT2D eigenvalue weighted by Crippen LogP contribution is -2.49. The minimum absolute atomic E-state index is 0.142. The SMILES string of the molecule is Nc1ncnc2cc(CN3CCN(Cc4[nH]c5ccc(Cl)cc5c4CN4CCCC4)CC3=O)ccc12. The molecule has 2 fully saturated rings. The van der Waals surface area contributed by atoms with Crippen molar-refractivity contribution in [2.45, 2.75) is 32.5 Å². The van der Waals surface area contributed by atoms with Crippen molar-refractivity contribution < 1.29 is 4.79 Å². The predicted molar refractivity (Wildman–Crippen MR) is 142 cm³/mol. The fraction of sp³-hybridized carbons (Fsp3) is 0.370. The minimum atomic E-state index is 0.142. The van der Waals surface area contributed by atoms with Gasteiger partial charge in [0.2, 0.25) is 5.91 Å². The lowest BCUT2D eigenvalue weighted by molar-refractivity contribution is -0.136. The van der Waals surface area contributed by atoms with E-state index in [2.05, 4.69) is 36.9 Å². The zero-order valence-electron chi connectivity index (χ0n) is 20.2. The zero-order valence-corrected chi connectivity index (χ0v) is 21.0. The van der Waals surface area contributed by atoms with E-state index in [0.29, 0.717) is 25.5 Å². The number of carbonyl (C=O) groups is 1. The number of amides is 1. The second-order valence-electron chi connectivity index (χ2n) is 9.89. The van der Waals surface area contributed by atoms with Crippen molar-refractivity contribution in [2.24, 2.45) is 0 Å². The van der Waals surface area contributed by atoms with E-state index in [4.69, 9.17) is 17.3 Å². The maximum atomic E-state index is 13.1. The number of likely N-dealkylation sites (tertiary alicyclic amines) is 1. The number of hydrogen-bond donors (Lipinski definition) is 2. The Hall–Kier alpha value is -3.20. The number of halogens is 1. The molecule has 2 aromatic carbocycles. The highest BCUT2D eigenvalue weighted by Crippen LogP contribution is 2.29. The molecule has 2 aliphatic heterocycles. The molecule has 0 bridgehead atoms. The molecule has 0 unspecified atom stereocenters. The van der Waals surface area contributed by atoms with E-state index in [9.17, 15) is 4.79 Å². The number of aromatic nitrogens is 3. The highest BCUT2D eigenvalue weighted by atomic mass is 35.5. The number of H-pyrrole nitrogens is 1. The molecule has 8 nitrogen and oxygen atoms in total. The molecule has 0 spiro atoms. The molecule has 4 aromatic rings. The van der Waals surface area contributed by atoms with E-state index < -0.39 is 0 Å². The van der Waals surface area contributed by atoms with Crippen molar-refractivity contribution >= 4 is 45.1 Å². The Kier molecular flexibility index (Phi) is 6.25. The summed E-state index contributed by atoms with van der Waals surface area (Å²) in [7, 11) is 0. The Morgan fingerprint density at radius 2 is 1.78 bits per heavy atom. The molecule has 2 aliphatic rings. The molecule has 3 N–H and O–H groups in total. The van der Waals surface area contributed by atoms with Gasteiger partial charge in [0, 0.05) is 59.7 Å². The van der Waals surface area contributed by atoms with Gasteiger partial charge in [-0.2, -0.15) is 0 Å². The molecule has 2 aromatic heterocycles. The number of nitrogen functional groups attached to an aromatic ring is 1. The Labute approximate surface area is 215 Å². The number of carbonyl (C=O) groups excluding carboxylic acids is 1. The van der Waals surface area contributed by atoms with Gasteiger partial charge in [0.25, 0.3) is 0 Å². The predicted octanol–water partition coefficient (Wildman–Crippen LogP) is 3.79. The Morgan fingerprint density at radius 1 is 0.917 bits per heavy atom. The maximum Gasteiger partial charge on any atom is 0.237 e. The third-order valence-corrected chi connectivity index (χ3v) is 7.66. The number of nitrogens with two attached hydrogens (primary N) is 1. The summed E-state index contributed by atoms with van der Waals surface area (Å²) < 4.78 is 0. The summed E-state index contributed by atoms with van der Waals surface area (Å²) in [5.41, 5.74) is 11.4. The summed E-state index contributed by atoms with van der Waals surface area (Å²) in [5, 5.41) is 2.78. The third-order valence-electron chi connectivity index (χ3n) is 7.42. The van der Waals surface area contributed by atoms with Gasteiger partial charge in [-0.25, -0.2) is 9.97 Å². The number of fused-ring (bicyclic) bond motifs is 2. The molecule has 0 atom stereocenters. The van der Waals surface area contributed by atoms with Crippen LogP contribution in [0.15, 0.2) is 42.7 Å². The standard InChI is InChI=1S/C27H30ClN7O/c28-19-4-6-23-21(12-19)22(14-33-7-1-2-8-33)25(32-23)15-34-9-10-35(26(36)16-34)13-18-3-5-20-24(11-18)30-17-31-27(20)29/h3-6,11-12,17,32H,1-2,7-10,13-16H2,(H2,29,30,31). The van der Waals surface area contributed by atoms with Crippen LogP contribution in [0.4, 0.5) is 5.82 Å². The first-order chi connectivity index (χ1) is 17.5. The quantitative estimate of drug-likeness (QED) is 0.416. The minimum Gasteiger partial charge on any atom is -0.383 e. The largest absolute Gasteiger partial charge is 0.383 e. The van der Waals surface area contributed by atoms with Crippen molar-refractivity contribution in [3.05, 3.63) is 64.6 Å². The van der Waals surface area contributed by atoms with E-state index in [1.165, 1.54) is 35.8 Å². The Bertz CT molecular complexity index is 1430. The lowest BCUT2D eigenvalue weighted by Gasteiger charge is -2.34. The molecule has 2 saturated heterocycles. The summed E-state index contributed by atoms with van der Waals surface area (Å²) >= 11 is 6.35. The number of anilines is 1. The fourth-order valence-electron chi connectivity index (χ4n) is 5.48. The first-order valence-electron chi connectivity index (χ1n) is 12.5. The summed E-state index contributed by atoms with van der Waals surface area (Å²) in [4.78, 5) is 31.8. The van der Waals surface area contributed by atoms with Gasteiger partial charge in [0.15, 0.2) is 0 Å². The summed E-state index contributed by atoms with van der Waals surface area (Å²) in [6.45, 7) is 6.40. The fourth-order valence-corrected chi connectivity index (χ4v) is 5.65. The van der Waals surface area contributed by atoms with Crippen molar-refractivity contribution in [2.75, 3.05) is 38.5 Å². The van der Waals surface area contributed by atoms with E-state index in [-0.39, 0.29) is 5.91 Å². The van der Waals surface area contributed by atoms with Gasteiger partial charge in [-0.1, -0.05) is 17.7 Å². The molecular formula is C27H30ClN7O. The Balaban J connectivity index is 1.16. The van der Waals surface area contributed by atoms with Crippen LogP contribution in [0.25, 0.3) is 21.8 Å². The van der Waals surface area contributed by atoms with E-state index in [1.807, 2.05) is 29.2 Å². The van der Waals surface area contributed by atoms with Crippen molar-refractivity contribution in [1.82, 2.24) is 29.7 Å². The molecule has 9 heteroatoms. The summed E-state index contributed by atoms with van der Waals surface area (Å²) in [5.74, 6) is 0.614. The second-order valence-corrected chi connectivity index (χ2v) is 10.3. The normalized spacial score (nSPS) is 17.6. The molecular weight excluding hydrogens is 474 g/mol. The van der Waals surface area contributed by atoms with Gasteiger partial charge in [0.05, 0.1) is 12.1 Å². The zero-order chi connectivity index (χ0) is 24.6. The van der Waals surface area contributed by atoms with Crippen molar-refractivity contribution in [3.63, 3.8) is 0 Å². The van der Waals surface area contributed by atoms with Gasteiger partial charge in [0.1, 0.15) is 12.1 Å². The number of rotatable bonds is 6. The number of benzene rings is 2. The van der Waals surface area contributed by atoms with E-state index >= 15 is 0 Å². The summed E-state index contributed by atoms with van der Waals surface area (Å²) in [6, 6.07) is 12.0. The monoisotopic (exact) mass is 503 g/mol. The van der Waals surface area contributed by atoms with Gasteiger partial charge in [-0.3, -0.25) is 14.6 Å². The van der Waals surface area contributed by atoms with Crippen LogP contribution in [-0.4, -0.2) is 68.3 Å². The molecule has 6 rings (SSSR count). The van der Waals surface area contributed by atoms with Crippen LogP contribution in [0.3, 0.4) is 0 Å². The number of nitrogens with zero attached hydrogens (tertiary/aromatic N) is 5. The molecule has 4 heterocycles. The van der Waals surface area contributed by atoms with Crippen LogP contribution in [0.5, 0.6) is 0 Å². The highest BCUT2D eigenvalue weighted by molar-refractivity contribution is 6.31. The van der Waals surface area contributed by atoms with Gasteiger partial charge < -0.3 is 15.6 Å². The molecule has 36 heavy (non-hydrogen) atoms. The average molecular weight is 504 g/mol. The van der Waals surface area contributed by atoms with Crippen LogP contribution < -0.4 is 5.73 Å². The Morgan fingerprint density at radius 3 is 2.61 bits per heavy atom. The number of hydrogen-bond acceptors (Lipinski definition) is 6. The number of aromatic amines is 1. The molecule has 186 valence electrons. The van der Waals surface area contributed by atoms with E-state index in [0.717, 1.165) is 59.7 Å². The van der Waals surface area contributed by atoms with Crippen LogP contribution >= 0.6 is 11.6 Å². The molecule has 0 aliphatic carbocycles. The van der Waals surface area contributed by atoms with Crippen molar-refractivity contribution in [3.8, 4) is 0 Å². The number of nitrogens with one attached hydrogen (secondary N) is 1. The lowest BCUT2D eigenvalue weighted by atomic mass is 10.1. The third kappa shape index (κ3) is 4.64. The first-order valence-corrected chi connectivity index (χ1v) is 12.9. The maximum absolute atomic E-state index is 13.1. The van der Waals surface area contributed by atoms with E-state index in [1.54, 1.807) is 0 Å². The van der Waals surface area contributed by atoms with Crippen molar-refractivity contribution in [1.29, 1.82) is 0 Å². The highest BCUT2D eigenvalue weighted by Gasteiger charge is 2.26. The topological polar surface area (TPSA) is 94.4 Å². The molecule has 0 radical (unpaired) electrons. The van der Waals surface area contributed by atoms with Gasteiger partial charge in [-0.05, 0) is 67.4 Å².